The summed E-state index contributed by atoms with van der Waals surface area (Å²) in [5.41, 5.74) is 6.15. The number of fused-ring (bicyclic) bond motifs is 4. The Morgan fingerprint density at radius 1 is 0.831 bits per heavy atom. The topological polar surface area (TPSA) is 252 Å². The molecule has 0 spiro atoms. The Labute approximate surface area is 453 Å². The zero-order chi connectivity index (χ0) is 56.5. The number of aromatic nitrogens is 3. The molecule has 9 heterocycles. The number of piperidine rings is 2. The SMILES string of the molecule is [2H]C([2H])([2H])Oc1ncc(-c2ccnc(N3CCc4c(sc5c4CCCC5)C3=O)c2CO)cc1Nc1ccc(N2CCN(C3CCN(c4ccc5c(c4)C(=O)N(C4CCC(=O)N(C(C)OP(=O)(O)O)C4=O)C5=O)[C@@H](C)C3)C[C@@H]2C)cn1. The van der Waals surface area contributed by atoms with E-state index >= 15 is 0 Å². The number of likely N-dealkylation sites (tertiary alicyclic amines) is 1. The first-order valence-corrected chi connectivity index (χ1v) is 28.4. The minimum absolute atomic E-state index is 0.0638. The van der Waals surface area contributed by atoms with Crippen LogP contribution in [-0.4, -0.2) is 144 Å². The number of ether oxygens (including phenoxy) is 1. The molecule has 23 heteroatoms. The number of aryl methyl sites for hydroxylation is 1. The number of hydrogen-bond donors (Lipinski definition) is 4. The molecule has 1 aliphatic carbocycles. The van der Waals surface area contributed by atoms with Gasteiger partial charge in [0.1, 0.15) is 29.6 Å². The lowest BCUT2D eigenvalue weighted by Gasteiger charge is -2.48. The van der Waals surface area contributed by atoms with E-state index in [4.69, 9.17) is 13.8 Å². The Kier molecular flexibility index (Phi) is 13.3. The first kappa shape index (κ1) is 48.7. The van der Waals surface area contributed by atoms with E-state index in [0.29, 0.717) is 52.7 Å². The highest BCUT2D eigenvalue weighted by Gasteiger charge is 2.49. The van der Waals surface area contributed by atoms with Crippen molar-refractivity contribution in [2.24, 2.45) is 0 Å². The maximum Gasteiger partial charge on any atom is 0.471 e. The first-order valence-electron chi connectivity index (χ1n) is 27.5. The molecule has 3 saturated heterocycles. The molecule has 77 heavy (non-hydrogen) atoms. The van der Waals surface area contributed by atoms with Gasteiger partial charge in [0.25, 0.3) is 23.6 Å². The highest BCUT2D eigenvalue weighted by Crippen LogP contribution is 2.43. The van der Waals surface area contributed by atoms with E-state index in [1.165, 1.54) is 16.6 Å². The number of phosphoric acid groups is 1. The summed E-state index contributed by atoms with van der Waals surface area (Å²) in [7, 11) is -7.89. The number of nitrogens with zero attached hydrogens (tertiary/aromatic N) is 9. The van der Waals surface area contributed by atoms with Gasteiger partial charge < -0.3 is 34.7 Å². The minimum atomic E-state index is -5.08. The zero-order valence-electron chi connectivity index (χ0n) is 45.8. The van der Waals surface area contributed by atoms with Crippen LogP contribution in [0.2, 0.25) is 0 Å². The third-order valence-corrected chi connectivity index (χ3v) is 17.9. The molecule has 0 bridgehead atoms. The van der Waals surface area contributed by atoms with Crippen molar-refractivity contribution in [3.63, 3.8) is 0 Å². The minimum Gasteiger partial charge on any atom is -0.480 e. The number of amides is 5. The molecule has 3 unspecified atom stereocenters. The van der Waals surface area contributed by atoms with Crippen molar-refractivity contribution in [2.45, 2.75) is 116 Å². The molecule has 0 saturated carbocycles. The summed E-state index contributed by atoms with van der Waals surface area (Å²) in [6.07, 6.45) is 9.42. The molecule has 1 aromatic carbocycles. The van der Waals surface area contributed by atoms with Gasteiger partial charge in [0.2, 0.25) is 11.8 Å². The molecule has 4 N–H and O–H groups in total. The number of benzene rings is 1. The number of carbonyl (C=O) groups excluding carboxylic acids is 5. The maximum absolute atomic E-state index is 14.1. The predicted octanol–water partition coefficient (Wildman–Crippen LogP) is 6.06. The number of aliphatic hydroxyl groups excluding tert-OH is 1. The maximum atomic E-state index is 14.1. The van der Waals surface area contributed by atoms with Gasteiger partial charge in [0.15, 0.2) is 0 Å². The third kappa shape index (κ3) is 9.78. The third-order valence-electron chi connectivity index (χ3n) is 16.0. The number of piperazine rings is 1. The average Bonchev–Trinajstić information content (AvgIpc) is 3.92. The molecular formula is C54H61N10O11PS. The second kappa shape index (κ2) is 21.0. The van der Waals surface area contributed by atoms with Crippen molar-refractivity contribution in [2.75, 3.05) is 59.8 Å². The smallest absolute Gasteiger partial charge is 0.471 e. The quantitative estimate of drug-likeness (QED) is 0.0772. The van der Waals surface area contributed by atoms with E-state index in [0.717, 1.165) is 91.8 Å². The Bertz CT molecular complexity index is 3360. The van der Waals surface area contributed by atoms with Crippen molar-refractivity contribution < 1.29 is 56.8 Å². The number of rotatable bonds is 13. The highest BCUT2D eigenvalue weighted by molar-refractivity contribution is 7.46. The van der Waals surface area contributed by atoms with E-state index in [9.17, 15) is 43.4 Å². The number of phosphoric ester groups is 1. The summed E-state index contributed by atoms with van der Waals surface area (Å²) in [5.74, 6) is -2.60. The number of carbonyl (C=O) groups is 5. The van der Waals surface area contributed by atoms with Crippen LogP contribution in [0.25, 0.3) is 11.1 Å². The molecule has 5 aromatic rings. The molecule has 404 valence electrons. The van der Waals surface area contributed by atoms with Crippen LogP contribution in [-0.2, 0) is 44.5 Å². The van der Waals surface area contributed by atoms with Crippen molar-refractivity contribution in [3.8, 4) is 17.0 Å². The second-order valence-corrected chi connectivity index (χ2v) is 22.9. The van der Waals surface area contributed by atoms with E-state index in [1.54, 1.807) is 65.0 Å². The Morgan fingerprint density at radius 2 is 1.62 bits per heavy atom. The number of methoxy groups -OCH3 is 1. The molecule has 5 aliphatic heterocycles. The van der Waals surface area contributed by atoms with Gasteiger partial charge in [-0.2, -0.15) is 0 Å². The van der Waals surface area contributed by atoms with Crippen LogP contribution in [0.15, 0.2) is 61.1 Å². The van der Waals surface area contributed by atoms with Gasteiger partial charge in [-0.3, -0.25) is 48.1 Å². The van der Waals surface area contributed by atoms with Crippen LogP contribution in [0.4, 0.5) is 28.7 Å². The van der Waals surface area contributed by atoms with Gasteiger partial charge in [0, 0.05) is 91.4 Å². The summed E-state index contributed by atoms with van der Waals surface area (Å²) in [6.45, 7) is 8.44. The summed E-state index contributed by atoms with van der Waals surface area (Å²) in [6, 6.07) is 11.3. The van der Waals surface area contributed by atoms with Crippen LogP contribution in [0, 0.1) is 0 Å². The van der Waals surface area contributed by atoms with Gasteiger partial charge >= 0.3 is 7.82 Å². The molecule has 5 amide bonds. The molecule has 6 aliphatic rings. The molecule has 4 aromatic heterocycles. The first-order chi connectivity index (χ1) is 38.2. The van der Waals surface area contributed by atoms with Crippen molar-refractivity contribution in [1.29, 1.82) is 0 Å². The number of anilines is 5. The van der Waals surface area contributed by atoms with Gasteiger partial charge in [-0.25, -0.2) is 19.5 Å². The number of nitrogens with one attached hydrogen (secondary N) is 1. The molecule has 3 fully saturated rings. The second-order valence-electron chi connectivity index (χ2n) is 20.6. The lowest BCUT2D eigenvalue weighted by atomic mass is 9.92. The van der Waals surface area contributed by atoms with E-state index in [1.807, 2.05) is 6.07 Å². The van der Waals surface area contributed by atoms with Gasteiger partial charge in [-0.15, -0.1) is 11.3 Å². The molecule has 5 atom stereocenters. The average molecular weight is 1090 g/mol. The summed E-state index contributed by atoms with van der Waals surface area (Å²) in [4.78, 5) is 112. The Hall–Kier alpha value is -6.65. The number of hydrogen-bond acceptors (Lipinski definition) is 17. The van der Waals surface area contributed by atoms with Crippen LogP contribution >= 0.6 is 19.2 Å². The number of aliphatic hydroxyl groups is 1. The highest BCUT2D eigenvalue weighted by atomic mass is 32.1. The predicted molar refractivity (Wildman–Crippen MR) is 286 cm³/mol. The molecule has 0 radical (unpaired) electrons. The molecule has 11 rings (SSSR count). The number of thiophene rings is 1. The zero-order valence-corrected chi connectivity index (χ0v) is 44.5. The monoisotopic (exact) mass is 1090 g/mol. The van der Waals surface area contributed by atoms with Gasteiger partial charge in [-0.1, -0.05) is 0 Å². The Morgan fingerprint density at radius 3 is 2.38 bits per heavy atom. The molecule has 21 nitrogen and oxygen atoms in total. The van der Waals surface area contributed by atoms with Crippen molar-refractivity contribution in [3.05, 3.63) is 98.6 Å². The fourth-order valence-electron chi connectivity index (χ4n) is 12.3. The normalized spacial score (nSPS) is 23.3. The van der Waals surface area contributed by atoms with Crippen molar-refractivity contribution in [1.82, 2.24) is 29.7 Å². The molecular weight excluding hydrogens is 1030 g/mol. The fourth-order valence-corrected chi connectivity index (χ4v) is 14.2. The Balaban J connectivity index is 0.730. The fraction of sp³-hybridized carbons (Fsp3) is 0.444. The number of pyridine rings is 3. The lowest BCUT2D eigenvalue weighted by Crippen LogP contribution is -2.58. The standard InChI is InChI=1S/C54H61N10O11PS/c1-30-23-34(16-19-60(30)35-9-11-40-41(25-35)52(68)64(51(40)67)44-12-14-47(66)63(53(44)69)32(3)75-76(71,72)73)59-21-22-61(31(2)28-59)36-10-13-46(56-27-36)58-43-24-33(26-57-50(43)74-4)37-15-18-55-49(42(37)29-65)62-20-17-39-38-7-5-6-8-45(38)77-48(39)54(62)70/h9-11,13,15,18,24-27,30-32,34,44,65H,5-8,12,14,16-17,19-23,28-29H2,1-4H3,(H,56,58)(H2,71,72,73)/t30-,31-,32?,34?,44?/m0/s1/i4D3. The van der Waals surface area contributed by atoms with Gasteiger partial charge in [-0.05, 0) is 131 Å². The summed E-state index contributed by atoms with van der Waals surface area (Å²) < 4.78 is 45.1. The number of imide groups is 2. The van der Waals surface area contributed by atoms with Crippen LogP contribution in [0.1, 0.15) is 115 Å². The van der Waals surface area contributed by atoms with E-state index < -0.39 is 57.4 Å². The summed E-state index contributed by atoms with van der Waals surface area (Å²) in [5, 5.41) is 14.1. The van der Waals surface area contributed by atoms with E-state index in [2.05, 4.69) is 48.4 Å². The van der Waals surface area contributed by atoms with Crippen LogP contribution in [0.5, 0.6) is 5.88 Å². The van der Waals surface area contributed by atoms with Crippen LogP contribution < -0.4 is 24.8 Å². The van der Waals surface area contributed by atoms with E-state index in [-0.39, 0.29) is 59.6 Å². The van der Waals surface area contributed by atoms with Crippen molar-refractivity contribution >= 4 is 77.4 Å². The largest absolute Gasteiger partial charge is 0.480 e. The van der Waals surface area contributed by atoms with Gasteiger partial charge in [0.05, 0.1) is 45.6 Å². The summed E-state index contributed by atoms with van der Waals surface area (Å²) >= 11 is 1.58. The van der Waals surface area contributed by atoms with Crippen LogP contribution in [0.3, 0.4) is 0 Å². The lowest BCUT2D eigenvalue weighted by molar-refractivity contribution is -0.161.